The van der Waals surface area contributed by atoms with Crippen LogP contribution >= 0.6 is 0 Å². The first kappa shape index (κ1) is 16.5. The Morgan fingerprint density at radius 1 is 1.27 bits per heavy atom. The molecule has 0 fully saturated rings. The molecule has 1 aliphatic carbocycles. The Morgan fingerprint density at radius 2 is 1.96 bits per heavy atom. The lowest BCUT2D eigenvalue weighted by Gasteiger charge is -2.40. The van der Waals surface area contributed by atoms with Crippen LogP contribution in [0.1, 0.15) is 49.6 Å². The van der Waals surface area contributed by atoms with Gasteiger partial charge in [-0.2, -0.15) is 5.10 Å². The summed E-state index contributed by atoms with van der Waals surface area (Å²) in [6.45, 7) is 6.27. The number of nitro groups is 1. The number of aromatic nitrogens is 2. The number of allylic oxidation sites excluding steroid dienone is 1. The van der Waals surface area contributed by atoms with Crippen molar-refractivity contribution >= 4 is 22.9 Å². The van der Waals surface area contributed by atoms with Crippen molar-refractivity contribution < 1.29 is 9.72 Å². The summed E-state index contributed by atoms with van der Waals surface area (Å²) in [6, 6.07) is 6.01. The van der Waals surface area contributed by atoms with Gasteiger partial charge in [0.15, 0.2) is 11.6 Å². The Labute approximate surface area is 150 Å². The summed E-state index contributed by atoms with van der Waals surface area (Å²) in [5.74, 6) is 0.855. The van der Waals surface area contributed by atoms with Gasteiger partial charge in [-0.3, -0.25) is 20.0 Å². The summed E-state index contributed by atoms with van der Waals surface area (Å²) in [6.07, 6.45) is 1.30. The van der Waals surface area contributed by atoms with Crippen molar-refractivity contribution in [1.29, 1.82) is 0 Å². The van der Waals surface area contributed by atoms with Gasteiger partial charge in [0, 0.05) is 35.4 Å². The summed E-state index contributed by atoms with van der Waals surface area (Å²) < 4.78 is 0. The molecule has 0 amide bonds. The minimum Gasteiger partial charge on any atom is -0.357 e. The van der Waals surface area contributed by atoms with Gasteiger partial charge in [-0.05, 0) is 42.0 Å². The molecule has 2 aromatic rings. The number of nitrogens with one attached hydrogen (secondary N) is 2. The monoisotopic (exact) mass is 352 g/mol. The fourth-order valence-corrected chi connectivity index (χ4v) is 4.05. The molecule has 7 heteroatoms. The lowest BCUT2D eigenvalue weighted by molar-refractivity contribution is -0.384. The fraction of sp³-hybridized carbons (Fsp3) is 0.368. The van der Waals surface area contributed by atoms with E-state index in [1.54, 1.807) is 12.1 Å². The van der Waals surface area contributed by atoms with E-state index in [2.05, 4.69) is 29.4 Å². The quantitative estimate of drug-likeness (QED) is 0.630. The largest absolute Gasteiger partial charge is 0.357 e. The number of H-pyrrole nitrogens is 1. The van der Waals surface area contributed by atoms with Crippen molar-refractivity contribution in [3.63, 3.8) is 0 Å². The molecule has 2 aliphatic rings. The SMILES string of the molecule is Cc1[nH]nc2c1C1=C(C(=O)CCC1(C)C)C(c1ccc([N+](=O)[O-])cc1)N2. The number of aromatic amines is 1. The molecule has 1 unspecified atom stereocenters. The second-order valence-electron chi connectivity index (χ2n) is 7.59. The highest BCUT2D eigenvalue weighted by molar-refractivity contribution is 6.09. The highest BCUT2D eigenvalue weighted by Gasteiger charge is 2.43. The molecule has 4 rings (SSSR count). The number of rotatable bonds is 2. The van der Waals surface area contributed by atoms with Crippen LogP contribution in [0.2, 0.25) is 0 Å². The van der Waals surface area contributed by atoms with E-state index in [-0.39, 0.29) is 22.9 Å². The van der Waals surface area contributed by atoms with Crippen molar-refractivity contribution in [2.24, 2.45) is 5.41 Å². The van der Waals surface area contributed by atoms with E-state index in [1.807, 2.05) is 6.92 Å². The number of anilines is 1. The number of hydrogen-bond acceptors (Lipinski definition) is 5. The van der Waals surface area contributed by atoms with Gasteiger partial charge in [-0.1, -0.05) is 13.8 Å². The predicted molar refractivity (Wildman–Crippen MR) is 97.7 cm³/mol. The lowest BCUT2D eigenvalue weighted by Crippen LogP contribution is -2.33. The van der Waals surface area contributed by atoms with Gasteiger partial charge in [0.05, 0.1) is 11.0 Å². The zero-order chi connectivity index (χ0) is 18.6. The van der Waals surface area contributed by atoms with E-state index < -0.39 is 4.92 Å². The molecule has 2 heterocycles. The standard InChI is InChI=1S/C19H20N4O3/c1-10-14-16-15(13(24)8-9-19(16,2)3)17(20-18(14)22-21-10)11-4-6-12(7-5-11)23(25)26/h4-7,17H,8-9H2,1-3H3,(H2,20,21,22). The number of nitrogens with zero attached hydrogens (tertiary/aromatic N) is 2. The highest BCUT2D eigenvalue weighted by atomic mass is 16.6. The molecule has 134 valence electrons. The van der Waals surface area contributed by atoms with Gasteiger partial charge in [-0.15, -0.1) is 0 Å². The van der Waals surface area contributed by atoms with E-state index in [1.165, 1.54) is 12.1 Å². The summed E-state index contributed by atoms with van der Waals surface area (Å²) >= 11 is 0. The average Bonchev–Trinajstić information content (AvgIpc) is 2.98. The summed E-state index contributed by atoms with van der Waals surface area (Å²) in [5.41, 5.74) is 4.42. The molecular weight excluding hydrogens is 332 g/mol. The molecule has 1 aromatic heterocycles. The van der Waals surface area contributed by atoms with Gasteiger partial charge >= 0.3 is 0 Å². The molecule has 1 aliphatic heterocycles. The molecular formula is C19H20N4O3. The summed E-state index contributed by atoms with van der Waals surface area (Å²) in [5, 5.41) is 21.7. The molecule has 26 heavy (non-hydrogen) atoms. The number of carbonyl (C=O) groups excluding carboxylic acids is 1. The van der Waals surface area contributed by atoms with Crippen molar-refractivity contribution in [3.8, 4) is 0 Å². The van der Waals surface area contributed by atoms with Gasteiger partial charge in [0.1, 0.15) is 0 Å². The van der Waals surface area contributed by atoms with Crippen molar-refractivity contribution in [2.75, 3.05) is 5.32 Å². The Bertz CT molecular complexity index is 954. The van der Waals surface area contributed by atoms with Crippen LogP contribution in [0, 0.1) is 22.5 Å². The Kier molecular flexibility index (Phi) is 3.50. The van der Waals surface area contributed by atoms with Crippen LogP contribution in [-0.2, 0) is 4.79 Å². The zero-order valence-electron chi connectivity index (χ0n) is 14.9. The molecule has 0 saturated carbocycles. The Morgan fingerprint density at radius 3 is 2.62 bits per heavy atom. The number of non-ortho nitro benzene ring substituents is 1. The highest BCUT2D eigenvalue weighted by Crippen LogP contribution is 2.53. The van der Waals surface area contributed by atoms with E-state index in [0.717, 1.165) is 40.2 Å². The van der Waals surface area contributed by atoms with Crippen LogP contribution in [0.25, 0.3) is 5.57 Å². The first-order valence-corrected chi connectivity index (χ1v) is 8.63. The second kappa shape index (κ2) is 5.52. The third-order valence-electron chi connectivity index (χ3n) is 5.43. The molecule has 2 N–H and O–H groups in total. The van der Waals surface area contributed by atoms with Crippen molar-refractivity contribution in [1.82, 2.24) is 10.2 Å². The fourth-order valence-electron chi connectivity index (χ4n) is 4.05. The molecule has 1 aromatic carbocycles. The molecule has 0 spiro atoms. The molecule has 1 atom stereocenters. The van der Waals surface area contributed by atoms with E-state index in [0.29, 0.717) is 6.42 Å². The smallest absolute Gasteiger partial charge is 0.269 e. The average molecular weight is 352 g/mol. The molecule has 0 saturated heterocycles. The third-order valence-corrected chi connectivity index (χ3v) is 5.43. The van der Waals surface area contributed by atoms with E-state index >= 15 is 0 Å². The van der Waals surface area contributed by atoms with Crippen LogP contribution < -0.4 is 5.32 Å². The number of benzene rings is 1. The van der Waals surface area contributed by atoms with Crippen molar-refractivity contribution in [3.05, 3.63) is 56.8 Å². The number of nitro benzene ring substituents is 1. The van der Waals surface area contributed by atoms with Crippen LogP contribution in [0.5, 0.6) is 0 Å². The first-order valence-electron chi connectivity index (χ1n) is 8.63. The third kappa shape index (κ3) is 2.34. The number of fused-ring (bicyclic) bond motifs is 2. The second-order valence-corrected chi connectivity index (χ2v) is 7.59. The van der Waals surface area contributed by atoms with Crippen LogP contribution in [0.4, 0.5) is 11.5 Å². The summed E-state index contributed by atoms with van der Waals surface area (Å²) in [4.78, 5) is 23.4. The number of carbonyl (C=O) groups is 1. The van der Waals surface area contributed by atoms with Crippen LogP contribution in [0.3, 0.4) is 0 Å². The lowest BCUT2D eigenvalue weighted by atomic mass is 9.66. The van der Waals surface area contributed by atoms with Crippen molar-refractivity contribution in [2.45, 2.75) is 39.7 Å². The first-order chi connectivity index (χ1) is 12.3. The maximum Gasteiger partial charge on any atom is 0.269 e. The van der Waals surface area contributed by atoms with Gasteiger partial charge < -0.3 is 5.32 Å². The topological polar surface area (TPSA) is 101 Å². The molecule has 0 bridgehead atoms. The van der Waals surface area contributed by atoms with Gasteiger partial charge in [0.2, 0.25) is 0 Å². The van der Waals surface area contributed by atoms with E-state index in [9.17, 15) is 14.9 Å². The summed E-state index contributed by atoms with van der Waals surface area (Å²) in [7, 11) is 0. The van der Waals surface area contributed by atoms with Gasteiger partial charge in [-0.25, -0.2) is 0 Å². The number of Topliss-reactive ketones (excluding diaryl/α,β-unsaturated/α-hetero) is 1. The number of aryl methyl sites for hydroxylation is 1. The minimum absolute atomic E-state index is 0.0327. The maximum absolute atomic E-state index is 12.9. The zero-order valence-corrected chi connectivity index (χ0v) is 14.9. The van der Waals surface area contributed by atoms with E-state index in [4.69, 9.17) is 0 Å². The Balaban J connectivity index is 1.92. The number of ketones is 1. The Hall–Kier alpha value is -2.96. The normalized spacial score (nSPS) is 21.0. The van der Waals surface area contributed by atoms with Crippen LogP contribution in [-0.4, -0.2) is 20.9 Å². The maximum atomic E-state index is 12.9. The predicted octanol–water partition coefficient (Wildman–Crippen LogP) is 3.94. The number of hydrogen-bond donors (Lipinski definition) is 2. The van der Waals surface area contributed by atoms with Gasteiger partial charge in [0.25, 0.3) is 5.69 Å². The minimum atomic E-state index is -0.424. The molecule has 0 radical (unpaired) electrons. The van der Waals surface area contributed by atoms with Crippen LogP contribution in [0.15, 0.2) is 29.8 Å². The molecule has 7 nitrogen and oxygen atoms in total.